The molecule has 0 aliphatic rings. The number of aliphatic carboxylic acids is 1. The molecule has 0 amide bonds. The first-order valence-corrected chi connectivity index (χ1v) is 11.0. The number of nitrogens with one attached hydrogen (secondary N) is 2. The Kier molecular flexibility index (Phi) is 7.17. The van der Waals surface area contributed by atoms with Crippen molar-refractivity contribution in [1.29, 1.82) is 0 Å². The standard InChI is InChI=1S/C26H25ClN2O4/c1-32-24-12-6-8-17(25(24)33-16-18-7-2-4-10-21(18)27)14-29-23(26(30)31)13-19-15-28-22-11-5-3-9-20(19)22/h2-12,15,23,28-29H,13-14,16H2,1H3,(H,30,31)/t23-/m1/s1. The molecule has 0 unspecified atom stereocenters. The minimum atomic E-state index is -0.915. The predicted molar refractivity (Wildman–Crippen MR) is 129 cm³/mol. The molecular weight excluding hydrogens is 440 g/mol. The van der Waals surface area contributed by atoms with Crippen molar-refractivity contribution >= 4 is 28.5 Å². The van der Waals surface area contributed by atoms with Gasteiger partial charge >= 0.3 is 5.97 Å². The summed E-state index contributed by atoms with van der Waals surface area (Å²) in [5, 5.41) is 14.6. The van der Waals surface area contributed by atoms with E-state index in [2.05, 4.69) is 10.3 Å². The Morgan fingerprint density at radius 1 is 1.03 bits per heavy atom. The van der Waals surface area contributed by atoms with Gasteiger partial charge in [-0.1, -0.05) is 60.1 Å². The van der Waals surface area contributed by atoms with Crippen LogP contribution in [0.2, 0.25) is 5.02 Å². The molecule has 33 heavy (non-hydrogen) atoms. The van der Waals surface area contributed by atoms with Crippen LogP contribution in [0.25, 0.3) is 10.9 Å². The molecule has 1 aromatic heterocycles. The van der Waals surface area contributed by atoms with E-state index < -0.39 is 12.0 Å². The van der Waals surface area contributed by atoms with Gasteiger partial charge in [0.25, 0.3) is 0 Å². The summed E-state index contributed by atoms with van der Waals surface area (Å²) >= 11 is 6.26. The molecule has 0 saturated heterocycles. The average molecular weight is 465 g/mol. The number of carbonyl (C=O) groups is 1. The van der Waals surface area contributed by atoms with Gasteiger partial charge in [-0.05, 0) is 23.8 Å². The van der Waals surface area contributed by atoms with Crippen molar-refractivity contribution in [3.8, 4) is 11.5 Å². The second-order valence-electron chi connectivity index (χ2n) is 7.66. The van der Waals surface area contributed by atoms with Crippen LogP contribution >= 0.6 is 11.6 Å². The van der Waals surface area contributed by atoms with E-state index >= 15 is 0 Å². The summed E-state index contributed by atoms with van der Waals surface area (Å²) in [6.07, 6.45) is 2.21. The van der Waals surface area contributed by atoms with Gasteiger partial charge in [0.15, 0.2) is 11.5 Å². The molecule has 0 fully saturated rings. The molecule has 4 rings (SSSR count). The van der Waals surface area contributed by atoms with Gasteiger partial charge in [0.05, 0.1) is 7.11 Å². The lowest BCUT2D eigenvalue weighted by Crippen LogP contribution is -2.38. The lowest BCUT2D eigenvalue weighted by Gasteiger charge is -2.18. The summed E-state index contributed by atoms with van der Waals surface area (Å²) in [6, 6.07) is 20.1. The fourth-order valence-corrected chi connectivity index (χ4v) is 3.98. The van der Waals surface area contributed by atoms with Gasteiger partial charge in [-0.2, -0.15) is 0 Å². The number of H-pyrrole nitrogens is 1. The number of fused-ring (bicyclic) bond motifs is 1. The fraction of sp³-hybridized carbons (Fsp3) is 0.192. The number of aromatic amines is 1. The zero-order valence-corrected chi connectivity index (χ0v) is 18.9. The van der Waals surface area contributed by atoms with Crippen molar-refractivity contribution in [2.75, 3.05) is 7.11 Å². The van der Waals surface area contributed by atoms with Crippen LogP contribution in [0, 0.1) is 0 Å². The highest BCUT2D eigenvalue weighted by atomic mass is 35.5. The minimum absolute atomic E-state index is 0.269. The van der Waals surface area contributed by atoms with Crippen LogP contribution in [0.3, 0.4) is 0 Å². The molecule has 3 N–H and O–H groups in total. The maximum absolute atomic E-state index is 12.0. The number of benzene rings is 3. The van der Waals surface area contributed by atoms with Gasteiger partial charge in [-0.15, -0.1) is 0 Å². The normalized spacial score (nSPS) is 11.9. The predicted octanol–water partition coefficient (Wildman–Crippen LogP) is 5.19. The molecule has 0 bridgehead atoms. The topological polar surface area (TPSA) is 83.6 Å². The lowest BCUT2D eigenvalue weighted by atomic mass is 10.0. The molecule has 7 heteroatoms. The van der Waals surface area contributed by atoms with Gasteiger partial charge in [-0.25, -0.2) is 0 Å². The Balaban J connectivity index is 1.51. The smallest absolute Gasteiger partial charge is 0.321 e. The summed E-state index contributed by atoms with van der Waals surface area (Å²) < 4.78 is 11.6. The Morgan fingerprint density at radius 3 is 2.58 bits per heavy atom. The van der Waals surface area contributed by atoms with Crippen LogP contribution in [0.15, 0.2) is 72.9 Å². The zero-order valence-electron chi connectivity index (χ0n) is 18.2. The third kappa shape index (κ3) is 5.30. The van der Waals surface area contributed by atoms with Crippen LogP contribution in [-0.4, -0.2) is 29.2 Å². The molecule has 0 radical (unpaired) electrons. The van der Waals surface area contributed by atoms with Crippen molar-refractivity contribution in [1.82, 2.24) is 10.3 Å². The summed E-state index contributed by atoms with van der Waals surface area (Å²) in [7, 11) is 1.58. The monoisotopic (exact) mass is 464 g/mol. The highest BCUT2D eigenvalue weighted by Crippen LogP contribution is 2.32. The summed E-state index contributed by atoms with van der Waals surface area (Å²) in [6.45, 7) is 0.569. The molecule has 0 spiro atoms. The van der Waals surface area contributed by atoms with Gasteiger partial charge < -0.3 is 19.6 Å². The van der Waals surface area contributed by atoms with Crippen molar-refractivity contribution in [3.63, 3.8) is 0 Å². The zero-order chi connectivity index (χ0) is 23.2. The van der Waals surface area contributed by atoms with E-state index in [4.69, 9.17) is 21.1 Å². The van der Waals surface area contributed by atoms with Crippen molar-refractivity contribution in [2.24, 2.45) is 0 Å². The van der Waals surface area contributed by atoms with E-state index in [1.54, 1.807) is 7.11 Å². The number of aromatic nitrogens is 1. The quantitative estimate of drug-likeness (QED) is 0.300. The molecule has 1 atom stereocenters. The lowest BCUT2D eigenvalue weighted by molar-refractivity contribution is -0.139. The fourth-order valence-electron chi connectivity index (χ4n) is 3.79. The van der Waals surface area contributed by atoms with Crippen molar-refractivity contribution in [2.45, 2.75) is 25.6 Å². The van der Waals surface area contributed by atoms with Gasteiger partial charge in [0, 0.05) is 46.2 Å². The van der Waals surface area contributed by atoms with Crippen LogP contribution in [-0.2, 0) is 24.4 Å². The van der Waals surface area contributed by atoms with Crippen molar-refractivity contribution < 1.29 is 19.4 Å². The van der Waals surface area contributed by atoms with E-state index in [0.717, 1.165) is 27.6 Å². The maximum atomic E-state index is 12.0. The summed E-state index contributed by atoms with van der Waals surface area (Å²) in [5.74, 6) is 0.218. The molecule has 6 nitrogen and oxygen atoms in total. The largest absolute Gasteiger partial charge is 0.493 e. The molecule has 3 aromatic carbocycles. The SMILES string of the molecule is COc1cccc(CN[C@H](Cc2c[nH]c3ccccc23)C(=O)O)c1OCc1ccccc1Cl. The number of carboxylic acid groups (broad SMARTS) is 1. The van der Waals surface area contributed by atoms with Crippen LogP contribution in [0.5, 0.6) is 11.5 Å². The van der Waals surface area contributed by atoms with Gasteiger partial charge in [0.1, 0.15) is 12.6 Å². The number of para-hydroxylation sites is 2. The molecular formula is C26H25ClN2O4. The highest BCUT2D eigenvalue weighted by molar-refractivity contribution is 6.31. The number of rotatable bonds is 10. The van der Waals surface area contributed by atoms with E-state index in [1.165, 1.54) is 0 Å². The number of hydrogen-bond donors (Lipinski definition) is 3. The number of halogens is 1. The Labute approximate surface area is 197 Å². The molecule has 1 heterocycles. The van der Waals surface area contributed by atoms with Crippen molar-refractivity contribution in [3.05, 3.63) is 94.6 Å². The van der Waals surface area contributed by atoms with E-state index in [9.17, 15) is 9.90 Å². The van der Waals surface area contributed by atoms with Crippen LogP contribution < -0.4 is 14.8 Å². The maximum Gasteiger partial charge on any atom is 0.321 e. The Bertz CT molecular complexity index is 1250. The number of ether oxygens (including phenoxy) is 2. The minimum Gasteiger partial charge on any atom is -0.493 e. The number of carboxylic acids is 1. The average Bonchev–Trinajstić information content (AvgIpc) is 3.24. The molecule has 0 aliphatic heterocycles. The second kappa shape index (κ2) is 10.4. The Hall–Kier alpha value is -3.48. The first-order valence-electron chi connectivity index (χ1n) is 10.6. The molecule has 0 saturated carbocycles. The summed E-state index contributed by atoms with van der Waals surface area (Å²) in [4.78, 5) is 15.2. The second-order valence-corrected chi connectivity index (χ2v) is 8.07. The highest BCUT2D eigenvalue weighted by Gasteiger charge is 2.21. The molecule has 170 valence electrons. The number of hydrogen-bond acceptors (Lipinski definition) is 4. The molecule has 0 aliphatic carbocycles. The molecule has 4 aromatic rings. The van der Waals surface area contributed by atoms with Gasteiger partial charge in [-0.3, -0.25) is 10.1 Å². The third-order valence-corrected chi connectivity index (χ3v) is 5.91. The Morgan fingerprint density at radius 2 is 1.79 bits per heavy atom. The first-order chi connectivity index (χ1) is 16.1. The number of methoxy groups -OCH3 is 1. The first kappa shape index (κ1) is 22.7. The van der Waals surface area contributed by atoms with E-state index in [-0.39, 0.29) is 6.61 Å². The van der Waals surface area contributed by atoms with E-state index in [0.29, 0.717) is 29.5 Å². The summed E-state index contributed by atoms with van der Waals surface area (Å²) in [5.41, 5.74) is 3.59. The van der Waals surface area contributed by atoms with Crippen LogP contribution in [0.1, 0.15) is 16.7 Å². The van der Waals surface area contributed by atoms with E-state index in [1.807, 2.05) is 72.9 Å². The van der Waals surface area contributed by atoms with Gasteiger partial charge in [0.2, 0.25) is 0 Å². The van der Waals surface area contributed by atoms with Crippen LogP contribution in [0.4, 0.5) is 0 Å². The third-order valence-electron chi connectivity index (χ3n) is 5.55.